The number of nitro groups is 1. The highest BCUT2D eigenvalue weighted by molar-refractivity contribution is 5.71. The van der Waals surface area contributed by atoms with Crippen molar-refractivity contribution in [2.24, 2.45) is 5.92 Å². The number of hydrogen-bond donors (Lipinski definition) is 0. The number of nitrogens with zero attached hydrogens (tertiary/aromatic N) is 4. The van der Waals surface area contributed by atoms with Crippen LogP contribution in [0.4, 0.5) is 11.5 Å². The summed E-state index contributed by atoms with van der Waals surface area (Å²) in [4.78, 5) is 30.4. The number of hydrogen-bond acceptors (Lipinski definition) is 8. The molecule has 0 N–H and O–H groups in total. The van der Waals surface area contributed by atoms with Crippen LogP contribution in [-0.2, 0) is 14.3 Å². The lowest BCUT2D eigenvalue weighted by Crippen LogP contribution is -2.41. The van der Waals surface area contributed by atoms with Crippen molar-refractivity contribution in [1.82, 2.24) is 9.88 Å². The Morgan fingerprint density at radius 2 is 1.93 bits per heavy atom. The smallest absolute Gasteiger partial charge is 0.320 e. The van der Waals surface area contributed by atoms with Gasteiger partial charge in [0.1, 0.15) is 12.0 Å². The summed E-state index contributed by atoms with van der Waals surface area (Å²) in [5, 5.41) is 10.7. The van der Waals surface area contributed by atoms with E-state index < -0.39 is 4.92 Å². The van der Waals surface area contributed by atoms with Gasteiger partial charge in [-0.2, -0.15) is 0 Å². The van der Waals surface area contributed by atoms with E-state index in [0.29, 0.717) is 19.1 Å². The van der Waals surface area contributed by atoms with Crippen LogP contribution in [0.2, 0.25) is 0 Å². The van der Waals surface area contributed by atoms with E-state index in [1.54, 1.807) is 6.07 Å². The molecule has 0 aliphatic carbocycles. The molecule has 0 amide bonds. The molecular weight excluding hydrogens is 376 g/mol. The molecule has 1 aromatic rings. The second-order valence-corrected chi connectivity index (χ2v) is 7.68. The first-order chi connectivity index (χ1) is 14.0. The number of ether oxygens (including phenoxy) is 2. The molecule has 9 heteroatoms. The predicted molar refractivity (Wildman–Crippen MR) is 108 cm³/mol. The van der Waals surface area contributed by atoms with Gasteiger partial charge in [0.2, 0.25) is 0 Å². The first kappa shape index (κ1) is 21.4. The average Bonchev–Trinajstić information content (AvgIpc) is 2.74. The van der Waals surface area contributed by atoms with Crippen molar-refractivity contribution in [3.63, 3.8) is 0 Å². The summed E-state index contributed by atoms with van der Waals surface area (Å²) in [5.74, 6) is 1.17. The van der Waals surface area contributed by atoms with Crippen molar-refractivity contribution in [3.05, 3.63) is 28.4 Å². The van der Waals surface area contributed by atoms with Gasteiger partial charge >= 0.3 is 5.97 Å². The van der Waals surface area contributed by atoms with Gasteiger partial charge in [0.25, 0.3) is 5.69 Å². The van der Waals surface area contributed by atoms with E-state index in [-0.39, 0.29) is 17.8 Å². The summed E-state index contributed by atoms with van der Waals surface area (Å²) in [7, 11) is 0. The molecule has 0 unspecified atom stereocenters. The van der Waals surface area contributed by atoms with Crippen LogP contribution in [0.5, 0.6) is 0 Å². The van der Waals surface area contributed by atoms with Crippen molar-refractivity contribution in [3.8, 4) is 0 Å². The minimum absolute atomic E-state index is 0.0188. The topological polar surface area (TPSA) is 98.0 Å². The van der Waals surface area contributed by atoms with E-state index in [1.807, 2.05) is 6.92 Å². The normalized spacial score (nSPS) is 19.3. The standard InChI is InChI=1S/C20H30N4O5/c1-2-28-20(25)14-22-9-7-18(8-10-22)29-15-16-5-11-23(12-6-16)19-4-3-17(13-21-19)24(26)27/h3-4,13,16,18H,2,5-12,14-15H2,1H3. The van der Waals surface area contributed by atoms with Crippen LogP contribution in [0.15, 0.2) is 18.3 Å². The molecule has 2 saturated heterocycles. The van der Waals surface area contributed by atoms with Crippen molar-refractivity contribution in [2.75, 3.05) is 50.8 Å². The molecule has 3 heterocycles. The lowest BCUT2D eigenvalue weighted by Gasteiger charge is -2.35. The third-order valence-corrected chi connectivity index (χ3v) is 5.64. The van der Waals surface area contributed by atoms with E-state index in [9.17, 15) is 14.9 Å². The number of likely N-dealkylation sites (tertiary alicyclic amines) is 1. The maximum absolute atomic E-state index is 11.6. The first-order valence-electron chi connectivity index (χ1n) is 10.4. The lowest BCUT2D eigenvalue weighted by atomic mass is 9.97. The number of anilines is 1. The van der Waals surface area contributed by atoms with Crippen LogP contribution >= 0.6 is 0 Å². The van der Waals surface area contributed by atoms with E-state index >= 15 is 0 Å². The number of pyridine rings is 1. The monoisotopic (exact) mass is 406 g/mol. The van der Waals surface area contributed by atoms with Gasteiger partial charge in [0, 0.05) is 38.9 Å². The number of piperidine rings is 2. The number of esters is 1. The molecule has 3 rings (SSSR count). The molecule has 2 fully saturated rings. The molecule has 1 aromatic heterocycles. The fourth-order valence-electron chi connectivity index (χ4n) is 3.90. The van der Waals surface area contributed by atoms with Crippen molar-refractivity contribution in [1.29, 1.82) is 0 Å². The van der Waals surface area contributed by atoms with Gasteiger partial charge in [-0.1, -0.05) is 0 Å². The fraction of sp³-hybridized carbons (Fsp3) is 0.700. The molecule has 29 heavy (non-hydrogen) atoms. The van der Waals surface area contributed by atoms with Crippen LogP contribution < -0.4 is 4.90 Å². The van der Waals surface area contributed by atoms with Gasteiger partial charge in [-0.05, 0) is 44.6 Å². The van der Waals surface area contributed by atoms with Crippen LogP contribution in [0.25, 0.3) is 0 Å². The number of rotatable bonds is 8. The highest BCUT2D eigenvalue weighted by atomic mass is 16.6. The van der Waals surface area contributed by atoms with Crippen LogP contribution in [0.1, 0.15) is 32.6 Å². The molecule has 0 radical (unpaired) electrons. The van der Waals surface area contributed by atoms with Crippen molar-refractivity contribution < 1.29 is 19.2 Å². The zero-order valence-electron chi connectivity index (χ0n) is 17.0. The molecule has 160 valence electrons. The van der Waals surface area contributed by atoms with Gasteiger partial charge in [-0.25, -0.2) is 4.98 Å². The number of carbonyl (C=O) groups excluding carboxylic acids is 1. The minimum atomic E-state index is -0.429. The molecule has 0 spiro atoms. The molecular formula is C20H30N4O5. The van der Waals surface area contributed by atoms with E-state index in [0.717, 1.165) is 64.3 Å². The third-order valence-electron chi connectivity index (χ3n) is 5.64. The highest BCUT2D eigenvalue weighted by Crippen LogP contribution is 2.24. The Kier molecular flexibility index (Phi) is 7.76. The van der Waals surface area contributed by atoms with Crippen LogP contribution in [0, 0.1) is 16.0 Å². The zero-order valence-corrected chi connectivity index (χ0v) is 17.0. The van der Waals surface area contributed by atoms with Gasteiger partial charge in [-0.15, -0.1) is 0 Å². The van der Waals surface area contributed by atoms with E-state index in [1.165, 1.54) is 12.3 Å². The Morgan fingerprint density at radius 1 is 1.21 bits per heavy atom. The van der Waals surface area contributed by atoms with E-state index in [4.69, 9.17) is 9.47 Å². The van der Waals surface area contributed by atoms with Gasteiger partial charge in [-0.3, -0.25) is 19.8 Å². The summed E-state index contributed by atoms with van der Waals surface area (Å²) >= 11 is 0. The van der Waals surface area contributed by atoms with E-state index in [2.05, 4.69) is 14.8 Å². The summed E-state index contributed by atoms with van der Waals surface area (Å²) < 4.78 is 11.2. The number of aromatic nitrogens is 1. The Bertz CT molecular complexity index is 668. The largest absolute Gasteiger partial charge is 0.465 e. The summed E-state index contributed by atoms with van der Waals surface area (Å²) in [6, 6.07) is 3.23. The van der Waals surface area contributed by atoms with Crippen molar-refractivity contribution >= 4 is 17.5 Å². The molecule has 2 aliphatic rings. The zero-order chi connectivity index (χ0) is 20.6. The first-order valence-corrected chi connectivity index (χ1v) is 10.4. The molecule has 0 aromatic carbocycles. The predicted octanol–water partition coefficient (Wildman–Crippen LogP) is 2.25. The summed E-state index contributed by atoms with van der Waals surface area (Å²) in [6.45, 7) is 6.90. The van der Waals surface area contributed by atoms with Gasteiger partial charge in [0.05, 0.1) is 24.2 Å². The molecule has 2 aliphatic heterocycles. The average molecular weight is 406 g/mol. The Labute approximate surface area is 171 Å². The second kappa shape index (κ2) is 10.5. The summed E-state index contributed by atoms with van der Waals surface area (Å²) in [5.41, 5.74) is 0.0188. The van der Waals surface area contributed by atoms with Crippen molar-refractivity contribution in [2.45, 2.75) is 38.7 Å². The fourth-order valence-corrected chi connectivity index (χ4v) is 3.90. The molecule has 0 atom stereocenters. The quantitative estimate of drug-likeness (QED) is 0.368. The Balaban J connectivity index is 1.33. The Hall–Kier alpha value is -2.26. The maximum Gasteiger partial charge on any atom is 0.320 e. The summed E-state index contributed by atoms with van der Waals surface area (Å²) in [6.07, 6.45) is 5.54. The van der Waals surface area contributed by atoms with Gasteiger partial charge < -0.3 is 14.4 Å². The second-order valence-electron chi connectivity index (χ2n) is 7.68. The molecule has 0 saturated carbocycles. The molecule has 9 nitrogen and oxygen atoms in total. The molecule has 0 bridgehead atoms. The SMILES string of the molecule is CCOC(=O)CN1CCC(OCC2CCN(c3ccc([N+](=O)[O-])cn3)CC2)CC1. The number of carbonyl (C=O) groups is 1. The lowest BCUT2D eigenvalue weighted by molar-refractivity contribution is -0.385. The minimum Gasteiger partial charge on any atom is -0.465 e. The van der Waals surface area contributed by atoms with Gasteiger partial charge in [0.15, 0.2) is 0 Å². The third kappa shape index (κ3) is 6.37. The van der Waals surface area contributed by atoms with Crippen LogP contribution in [0.3, 0.4) is 0 Å². The highest BCUT2D eigenvalue weighted by Gasteiger charge is 2.25. The van der Waals surface area contributed by atoms with Crippen LogP contribution in [-0.4, -0.2) is 72.8 Å². The Morgan fingerprint density at radius 3 is 2.52 bits per heavy atom. The maximum atomic E-state index is 11.6.